The fourth-order valence-electron chi connectivity index (χ4n) is 1.69. The molecule has 1 aromatic rings. The van der Waals surface area contributed by atoms with Crippen molar-refractivity contribution in [1.29, 1.82) is 0 Å². The molecule has 16 heavy (non-hydrogen) atoms. The monoisotopic (exact) mass is 221 g/mol. The SMILES string of the molecule is CCC(N)CCCOc1ccc(C)cc1C. The molecule has 0 heterocycles. The topological polar surface area (TPSA) is 35.2 Å². The molecular formula is C14H23NO. The van der Waals surface area contributed by atoms with Crippen LogP contribution in [0.3, 0.4) is 0 Å². The number of benzene rings is 1. The van der Waals surface area contributed by atoms with Gasteiger partial charge in [-0.1, -0.05) is 24.6 Å². The van der Waals surface area contributed by atoms with Crippen LogP contribution in [0.5, 0.6) is 5.75 Å². The van der Waals surface area contributed by atoms with Gasteiger partial charge in [0, 0.05) is 6.04 Å². The summed E-state index contributed by atoms with van der Waals surface area (Å²) < 4.78 is 5.73. The highest BCUT2D eigenvalue weighted by atomic mass is 16.5. The normalized spacial score (nSPS) is 12.5. The van der Waals surface area contributed by atoms with E-state index in [4.69, 9.17) is 10.5 Å². The summed E-state index contributed by atoms with van der Waals surface area (Å²) >= 11 is 0. The molecule has 0 aliphatic carbocycles. The molecule has 0 bridgehead atoms. The van der Waals surface area contributed by atoms with Crippen LogP contribution in [-0.4, -0.2) is 12.6 Å². The Morgan fingerprint density at radius 3 is 2.69 bits per heavy atom. The van der Waals surface area contributed by atoms with Crippen molar-refractivity contribution in [2.24, 2.45) is 5.73 Å². The van der Waals surface area contributed by atoms with E-state index in [1.165, 1.54) is 11.1 Å². The van der Waals surface area contributed by atoms with Gasteiger partial charge in [-0.25, -0.2) is 0 Å². The van der Waals surface area contributed by atoms with Crippen LogP contribution in [0.1, 0.15) is 37.3 Å². The molecule has 0 spiro atoms. The van der Waals surface area contributed by atoms with Gasteiger partial charge in [0.1, 0.15) is 5.75 Å². The standard InChI is InChI=1S/C14H23NO/c1-4-13(15)6-5-9-16-14-8-7-11(2)10-12(14)3/h7-8,10,13H,4-6,9,15H2,1-3H3. The molecule has 2 nitrogen and oxygen atoms in total. The van der Waals surface area contributed by atoms with Crippen LogP contribution in [-0.2, 0) is 0 Å². The molecule has 0 radical (unpaired) electrons. The Bertz CT molecular complexity index is 323. The molecule has 1 rings (SSSR count). The van der Waals surface area contributed by atoms with Crippen molar-refractivity contribution in [1.82, 2.24) is 0 Å². The lowest BCUT2D eigenvalue weighted by molar-refractivity contribution is 0.299. The lowest BCUT2D eigenvalue weighted by Crippen LogP contribution is -2.19. The minimum absolute atomic E-state index is 0.322. The summed E-state index contributed by atoms with van der Waals surface area (Å²) in [5.41, 5.74) is 8.33. The van der Waals surface area contributed by atoms with Gasteiger partial charge < -0.3 is 10.5 Å². The molecule has 2 heteroatoms. The lowest BCUT2D eigenvalue weighted by Gasteiger charge is -2.11. The van der Waals surface area contributed by atoms with Crippen molar-refractivity contribution in [3.05, 3.63) is 29.3 Å². The molecule has 0 saturated heterocycles. The quantitative estimate of drug-likeness (QED) is 0.749. The Labute approximate surface area is 98.8 Å². The van der Waals surface area contributed by atoms with E-state index in [0.29, 0.717) is 6.04 Å². The Morgan fingerprint density at radius 1 is 1.31 bits per heavy atom. The number of rotatable bonds is 6. The second kappa shape index (κ2) is 6.54. The van der Waals surface area contributed by atoms with Crippen LogP contribution >= 0.6 is 0 Å². The van der Waals surface area contributed by atoms with Gasteiger partial charge in [0.05, 0.1) is 6.61 Å². The van der Waals surface area contributed by atoms with Gasteiger partial charge in [0.15, 0.2) is 0 Å². The van der Waals surface area contributed by atoms with Gasteiger partial charge in [0.25, 0.3) is 0 Å². The Balaban J connectivity index is 2.32. The average molecular weight is 221 g/mol. The maximum Gasteiger partial charge on any atom is 0.122 e. The molecule has 0 aliphatic rings. The summed E-state index contributed by atoms with van der Waals surface area (Å²) in [6, 6.07) is 6.60. The molecule has 1 atom stereocenters. The number of aryl methyl sites for hydroxylation is 2. The fraction of sp³-hybridized carbons (Fsp3) is 0.571. The first-order valence-electron chi connectivity index (χ1n) is 6.09. The summed E-state index contributed by atoms with van der Waals surface area (Å²) in [4.78, 5) is 0. The van der Waals surface area contributed by atoms with E-state index < -0.39 is 0 Å². The summed E-state index contributed by atoms with van der Waals surface area (Å²) in [7, 11) is 0. The molecule has 0 aromatic heterocycles. The van der Waals surface area contributed by atoms with E-state index in [0.717, 1.165) is 31.6 Å². The highest BCUT2D eigenvalue weighted by molar-refractivity contribution is 5.35. The third-order valence-electron chi connectivity index (χ3n) is 2.83. The van der Waals surface area contributed by atoms with Gasteiger partial charge in [0.2, 0.25) is 0 Å². The molecule has 1 unspecified atom stereocenters. The summed E-state index contributed by atoms with van der Waals surface area (Å²) in [6.07, 6.45) is 3.12. The van der Waals surface area contributed by atoms with E-state index in [2.05, 4.69) is 32.9 Å². The summed E-state index contributed by atoms with van der Waals surface area (Å²) in [6.45, 7) is 7.06. The Hall–Kier alpha value is -1.02. The van der Waals surface area contributed by atoms with Crippen LogP contribution in [0.4, 0.5) is 0 Å². The zero-order chi connectivity index (χ0) is 12.0. The maximum absolute atomic E-state index is 5.85. The van der Waals surface area contributed by atoms with Crippen LogP contribution < -0.4 is 10.5 Å². The smallest absolute Gasteiger partial charge is 0.122 e. The van der Waals surface area contributed by atoms with Crippen molar-refractivity contribution in [2.75, 3.05) is 6.61 Å². The third kappa shape index (κ3) is 4.23. The van der Waals surface area contributed by atoms with Crippen LogP contribution in [0.25, 0.3) is 0 Å². The van der Waals surface area contributed by atoms with Crippen LogP contribution in [0.2, 0.25) is 0 Å². The molecular weight excluding hydrogens is 198 g/mol. The molecule has 1 aromatic carbocycles. The van der Waals surface area contributed by atoms with Crippen LogP contribution in [0, 0.1) is 13.8 Å². The van der Waals surface area contributed by atoms with E-state index in [1.807, 2.05) is 6.07 Å². The highest BCUT2D eigenvalue weighted by Gasteiger charge is 2.01. The predicted octanol–water partition coefficient (Wildman–Crippen LogP) is 3.20. The number of hydrogen-bond donors (Lipinski definition) is 1. The van der Waals surface area contributed by atoms with Crippen molar-refractivity contribution >= 4 is 0 Å². The number of hydrogen-bond acceptors (Lipinski definition) is 2. The molecule has 0 amide bonds. The summed E-state index contributed by atoms with van der Waals surface area (Å²) in [5.74, 6) is 0.996. The third-order valence-corrected chi connectivity index (χ3v) is 2.83. The maximum atomic E-state index is 5.85. The molecule has 0 aliphatic heterocycles. The highest BCUT2D eigenvalue weighted by Crippen LogP contribution is 2.18. The Morgan fingerprint density at radius 2 is 2.06 bits per heavy atom. The zero-order valence-corrected chi connectivity index (χ0v) is 10.6. The molecule has 0 fully saturated rings. The van der Waals surface area contributed by atoms with Gasteiger partial charge in [-0.05, 0) is 44.7 Å². The molecule has 2 N–H and O–H groups in total. The van der Waals surface area contributed by atoms with E-state index >= 15 is 0 Å². The van der Waals surface area contributed by atoms with Crippen molar-refractivity contribution in [3.8, 4) is 5.75 Å². The minimum atomic E-state index is 0.322. The van der Waals surface area contributed by atoms with Crippen molar-refractivity contribution in [3.63, 3.8) is 0 Å². The summed E-state index contributed by atoms with van der Waals surface area (Å²) in [5, 5.41) is 0. The predicted molar refractivity (Wildman–Crippen MR) is 68.9 cm³/mol. The molecule has 90 valence electrons. The lowest BCUT2D eigenvalue weighted by atomic mass is 10.1. The molecule has 0 saturated carbocycles. The first kappa shape index (κ1) is 13.0. The van der Waals surface area contributed by atoms with E-state index in [-0.39, 0.29) is 0 Å². The average Bonchev–Trinajstić information content (AvgIpc) is 2.26. The number of ether oxygens (including phenoxy) is 1. The largest absolute Gasteiger partial charge is 0.493 e. The zero-order valence-electron chi connectivity index (χ0n) is 10.6. The fourth-order valence-corrected chi connectivity index (χ4v) is 1.69. The van der Waals surface area contributed by atoms with Gasteiger partial charge in [-0.2, -0.15) is 0 Å². The van der Waals surface area contributed by atoms with Gasteiger partial charge >= 0.3 is 0 Å². The van der Waals surface area contributed by atoms with Crippen LogP contribution in [0.15, 0.2) is 18.2 Å². The first-order chi connectivity index (χ1) is 7.63. The van der Waals surface area contributed by atoms with Crippen molar-refractivity contribution in [2.45, 2.75) is 46.1 Å². The minimum Gasteiger partial charge on any atom is -0.493 e. The van der Waals surface area contributed by atoms with Crippen molar-refractivity contribution < 1.29 is 4.74 Å². The number of nitrogens with two attached hydrogens (primary N) is 1. The second-order valence-electron chi connectivity index (χ2n) is 4.43. The van der Waals surface area contributed by atoms with E-state index in [1.54, 1.807) is 0 Å². The van der Waals surface area contributed by atoms with E-state index in [9.17, 15) is 0 Å². The Kier molecular flexibility index (Phi) is 5.33. The second-order valence-corrected chi connectivity index (χ2v) is 4.43. The van der Waals surface area contributed by atoms with Gasteiger partial charge in [-0.15, -0.1) is 0 Å². The first-order valence-corrected chi connectivity index (χ1v) is 6.09. The van der Waals surface area contributed by atoms with Gasteiger partial charge in [-0.3, -0.25) is 0 Å².